The van der Waals surface area contributed by atoms with Crippen LogP contribution in [0.1, 0.15) is 118 Å². The first-order chi connectivity index (χ1) is 12.1. The van der Waals surface area contributed by atoms with Crippen molar-refractivity contribution in [2.24, 2.45) is 0 Å². The quantitative estimate of drug-likeness (QED) is 0.177. The van der Waals surface area contributed by atoms with E-state index in [0.29, 0.717) is 5.78 Å². The summed E-state index contributed by atoms with van der Waals surface area (Å²) in [5.74, 6) is 2.77. The average Bonchev–Trinajstić information content (AvgIpc) is 2.62. The Balaban J connectivity index is 4.58. The number of hydrogen-bond donors (Lipinski definition) is 0. The molecule has 0 atom stereocenters. The van der Waals surface area contributed by atoms with E-state index in [0.717, 1.165) is 12.8 Å². The highest BCUT2D eigenvalue weighted by atomic mass is 31.2. The summed E-state index contributed by atoms with van der Waals surface area (Å²) in [5.41, 5.74) is 0. The molecule has 0 aromatic heterocycles. The van der Waals surface area contributed by atoms with E-state index in [9.17, 15) is 4.79 Å². The van der Waals surface area contributed by atoms with E-state index in [2.05, 4.69) is 33.5 Å². The number of unbranched alkanes of at least 4 members (excludes halogenated alkanes) is 9. The molecule has 0 radical (unpaired) electrons. The minimum Gasteiger partial charge on any atom is -0.295 e. The van der Waals surface area contributed by atoms with Gasteiger partial charge in [-0.1, -0.05) is 85.5 Å². The van der Waals surface area contributed by atoms with Gasteiger partial charge in [-0.3, -0.25) is 4.79 Å². The Morgan fingerprint density at radius 1 is 0.600 bits per heavy atom. The number of hydrogen-bond acceptors (Lipinski definition) is 1. The van der Waals surface area contributed by atoms with Gasteiger partial charge in [0.15, 0.2) is 5.78 Å². The van der Waals surface area contributed by atoms with E-state index in [1.807, 2.05) is 0 Å². The lowest BCUT2D eigenvalue weighted by atomic mass is 10.1. The third kappa shape index (κ3) is 13.8. The molecule has 0 amide bonds. The van der Waals surface area contributed by atoms with Gasteiger partial charge in [0, 0.05) is 6.42 Å². The highest BCUT2D eigenvalue weighted by molar-refractivity contribution is 7.76. The summed E-state index contributed by atoms with van der Waals surface area (Å²) in [4.78, 5) is 12.7. The molecule has 0 spiro atoms. The van der Waals surface area contributed by atoms with Crippen LogP contribution in [0.4, 0.5) is 0 Å². The van der Waals surface area contributed by atoms with Gasteiger partial charge in [0.2, 0.25) is 0 Å². The fourth-order valence-corrected chi connectivity index (χ4v) is 8.21. The topological polar surface area (TPSA) is 17.1 Å². The van der Waals surface area contributed by atoms with Gasteiger partial charge in [-0.25, -0.2) is 0 Å². The largest absolute Gasteiger partial charge is 0.295 e. The Kier molecular flexibility index (Phi) is 17.4. The van der Waals surface area contributed by atoms with E-state index in [1.165, 1.54) is 95.5 Å². The second kappa shape index (κ2) is 17.4. The first-order valence-electron chi connectivity index (χ1n) is 11.4. The van der Waals surface area contributed by atoms with Crippen molar-refractivity contribution in [1.82, 2.24) is 0 Å². The van der Waals surface area contributed by atoms with Crippen LogP contribution in [0.15, 0.2) is 0 Å². The predicted octanol–water partition coefficient (Wildman–Crippen LogP) is 7.92. The highest BCUT2D eigenvalue weighted by Crippen LogP contribution is 2.49. The summed E-state index contributed by atoms with van der Waals surface area (Å²) >= 11 is 0. The molecular formula is C23H47OP. The van der Waals surface area contributed by atoms with Crippen LogP contribution in [0.5, 0.6) is 0 Å². The zero-order valence-corrected chi connectivity index (χ0v) is 18.8. The van der Waals surface area contributed by atoms with Gasteiger partial charge in [0.1, 0.15) is 0 Å². The van der Waals surface area contributed by atoms with E-state index in [1.54, 1.807) is 0 Å². The average molecular weight is 371 g/mol. The van der Waals surface area contributed by atoms with Crippen LogP contribution in [-0.2, 0) is 4.79 Å². The van der Waals surface area contributed by atoms with E-state index in [4.69, 9.17) is 0 Å². The van der Waals surface area contributed by atoms with Crippen LogP contribution < -0.4 is 0 Å². The summed E-state index contributed by atoms with van der Waals surface area (Å²) in [6, 6.07) is 0. The normalized spacial score (nSPS) is 11.7. The SMILES string of the molecule is CCCCCCCCCC(=O)C=P(CCCC)(CCCC)CCCC. The molecule has 0 unspecified atom stereocenters. The van der Waals surface area contributed by atoms with Gasteiger partial charge >= 0.3 is 0 Å². The van der Waals surface area contributed by atoms with E-state index >= 15 is 0 Å². The van der Waals surface area contributed by atoms with Crippen molar-refractivity contribution in [3.8, 4) is 0 Å². The molecule has 0 saturated heterocycles. The van der Waals surface area contributed by atoms with Crippen LogP contribution in [0.2, 0.25) is 0 Å². The number of carbonyl (C=O) groups excluding carboxylic acids is 1. The molecule has 0 fully saturated rings. The van der Waals surface area contributed by atoms with Crippen molar-refractivity contribution in [3.63, 3.8) is 0 Å². The smallest absolute Gasteiger partial charge is 0.155 e. The second-order valence-corrected chi connectivity index (χ2v) is 12.0. The maximum absolute atomic E-state index is 12.7. The van der Waals surface area contributed by atoms with Crippen LogP contribution in [0.3, 0.4) is 0 Å². The van der Waals surface area contributed by atoms with Gasteiger partial charge in [-0.15, -0.1) is 6.89 Å². The summed E-state index contributed by atoms with van der Waals surface area (Å²) in [5, 5.41) is 0. The van der Waals surface area contributed by atoms with Gasteiger partial charge in [-0.05, 0) is 50.0 Å². The molecule has 0 N–H and O–H groups in total. The maximum atomic E-state index is 12.7. The van der Waals surface area contributed by atoms with E-state index in [-0.39, 0.29) is 0 Å². The monoisotopic (exact) mass is 370 g/mol. The minimum atomic E-state index is -1.15. The van der Waals surface area contributed by atoms with Gasteiger partial charge in [-0.2, -0.15) is 0 Å². The van der Waals surface area contributed by atoms with Crippen LogP contribution >= 0.6 is 6.89 Å². The van der Waals surface area contributed by atoms with Crippen molar-refractivity contribution in [2.45, 2.75) is 118 Å². The summed E-state index contributed by atoms with van der Waals surface area (Å²) < 4.78 is 0. The van der Waals surface area contributed by atoms with Crippen molar-refractivity contribution in [1.29, 1.82) is 0 Å². The zero-order valence-electron chi connectivity index (χ0n) is 18.0. The Morgan fingerprint density at radius 3 is 1.44 bits per heavy atom. The number of Topliss-reactive ketones (excluding diaryl/α,β-unsaturated/α-hetero) is 1. The fraction of sp³-hybridized carbons (Fsp3) is 0.913. The number of ketones is 1. The van der Waals surface area contributed by atoms with Gasteiger partial charge < -0.3 is 0 Å². The molecule has 0 rings (SSSR count). The van der Waals surface area contributed by atoms with Crippen molar-refractivity contribution in [2.75, 3.05) is 18.5 Å². The first kappa shape index (κ1) is 25.0. The summed E-state index contributed by atoms with van der Waals surface area (Å²) in [7, 11) is 0. The Labute approximate surface area is 159 Å². The molecule has 150 valence electrons. The second-order valence-electron chi connectivity index (χ2n) is 7.92. The zero-order chi connectivity index (χ0) is 18.8. The molecule has 1 nitrogen and oxygen atoms in total. The Morgan fingerprint density at radius 2 is 1.00 bits per heavy atom. The molecule has 0 aliphatic rings. The van der Waals surface area contributed by atoms with E-state index < -0.39 is 6.89 Å². The maximum Gasteiger partial charge on any atom is 0.155 e. The summed E-state index contributed by atoms with van der Waals surface area (Å²) in [6.45, 7) is 7.98. The molecule has 0 saturated carbocycles. The molecular weight excluding hydrogens is 323 g/mol. The summed E-state index contributed by atoms with van der Waals surface area (Å²) in [6.07, 6.45) is 21.6. The first-order valence-corrected chi connectivity index (χ1v) is 13.8. The van der Waals surface area contributed by atoms with Crippen LogP contribution in [0.25, 0.3) is 0 Å². The lowest BCUT2D eigenvalue weighted by Crippen LogP contribution is -2.10. The van der Waals surface area contributed by atoms with Crippen LogP contribution in [-0.4, -0.2) is 30.1 Å². The lowest BCUT2D eigenvalue weighted by molar-refractivity contribution is -0.112. The Bertz CT molecular complexity index is 331. The van der Waals surface area contributed by atoms with Crippen molar-refractivity contribution < 1.29 is 4.79 Å². The Hall–Kier alpha value is -0.0300. The highest BCUT2D eigenvalue weighted by Gasteiger charge is 2.18. The third-order valence-corrected chi connectivity index (χ3v) is 9.77. The molecule has 0 aliphatic heterocycles. The number of rotatable bonds is 18. The molecule has 25 heavy (non-hydrogen) atoms. The molecule has 0 aliphatic carbocycles. The van der Waals surface area contributed by atoms with Gasteiger partial charge in [0.25, 0.3) is 0 Å². The molecule has 0 aromatic carbocycles. The fourth-order valence-electron chi connectivity index (χ4n) is 3.57. The van der Waals surface area contributed by atoms with Gasteiger partial charge in [0.05, 0.1) is 0 Å². The lowest BCUT2D eigenvalue weighted by Gasteiger charge is -2.26. The van der Waals surface area contributed by atoms with Crippen LogP contribution in [0, 0.1) is 0 Å². The van der Waals surface area contributed by atoms with Crippen molar-refractivity contribution >= 4 is 18.5 Å². The molecule has 0 heterocycles. The molecule has 2 heteroatoms. The molecule has 0 bridgehead atoms. The molecule has 0 aromatic rings. The number of carbonyl (C=O) groups is 1. The predicted molar refractivity (Wildman–Crippen MR) is 120 cm³/mol. The third-order valence-electron chi connectivity index (χ3n) is 5.32. The minimum absolute atomic E-state index is 0.477. The van der Waals surface area contributed by atoms with Crippen molar-refractivity contribution in [3.05, 3.63) is 0 Å². The standard InChI is InChI=1S/C23H47OP/c1-5-9-13-14-15-16-17-18-23(24)22-25(19-10-6-2,20-11-7-3)21-12-8-4/h22H,5-21H2,1-4H3.